The predicted molar refractivity (Wildman–Crippen MR) is 56.7 cm³/mol. The van der Waals surface area contributed by atoms with Gasteiger partial charge in [-0.2, -0.15) is 5.26 Å². The molecule has 1 aromatic heterocycles. The van der Waals surface area contributed by atoms with E-state index in [0.29, 0.717) is 17.4 Å². The normalized spacial score (nSPS) is 15.5. The fraction of sp³-hybridized carbons (Fsp3) is 0.500. The molecule has 0 radical (unpaired) electrons. The molecule has 3 heteroatoms. The third-order valence-electron chi connectivity index (χ3n) is 2.75. The number of hydrogen-bond donors (Lipinski definition) is 0. The number of ether oxygens (including phenoxy) is 1. The van der Waals surface area contributed by atoms with Crippen molar-refractivity contribution >= 4 is 0 Å². The van der Waals surface area contributed by atoms with E-state index in [9.17, 15) is 0 Å². The average molecular weight is 202 g/mol. The molecule has 0 spiro atoms. The van der Waals surface area contributed by atoms with Crippen molar-refractivity contribution in [3.05, 3.63) is 23.0 Å². The molecule has 0 bridgehead atoms. The number of pyridine rings is 1. The molecule has 2 rings (SSSR count). The van der Waals surface area contributed by atoms with Gasteiger partial charge in [0.1, 0.15) is 17.4 Å². The summed E-state index contributed by atoms with van der Waals surface area (Å²) < 4.78 is 5.77. The largest absolute Gasteiger partial charge is 0.489 e. The fourth-order valence-electron chi connectivity index (χ4n) is 1.69. The Kier molecular flexibility index (Phi) is 2.59. The predicted octanol–water partition coefficient (Wildman–Crippen LogP) is 2.50. The lowest BCUT2D eigenvalue weighted by Gasteiger charge is -2.27. The molecule has 0 aromatic carbocycles. The zero-order chi connectivity index (χ0) is 10.8. The minimum absolute atomic E-state index is 0.304. The van der Waals surface area contributed by atoms with E-state index in [1.54, 1.807) is 0 Å². The zero-order valence-corrected chi connectivity index (χ0v) is 9.08. The number of hydrogen-bond acceptors (Lipinski definition) is 3. The van der Waals surface area contributed by atoms with E-state index in [-0.39, 0.29) is 0 Å². The Morgan fingerprint density at radius 3 is 2.73 bits per heavy atom. The molecule has 1 aromatic rings. The second-order valence-corrected chi connectivity index (χ2v) is 4.00. The molecule has 1 heterocycles. The van der Waals surface area contributed by atoms with Gasteiger partial charge in [0.15, 0.2) is 0 Å². The van der Waals surface area contributed by atoms with Gasteiger partial charge in [-0.3, -0.25) is 4.98 Å². The summed E-state index contributed by atoms with van der Waals surface area (Å²) >= 11 is 0. The van der Waals surface area contributed by atoms with Crippen LogP contribution in [0.4, 0.5) is 0 Å². The number of aryl methyl sites for hydroxylation is 2. The van der Waals surface area contributed by atoms with Crippen molar-refractivity contribution in [2.75, 3.05) is 0 Å². The summed E-state index contributed by atoms with van der Waals surface area (Å²) in [6.07, 6.45) is 3.74. The zero-order valence-electron chi connectivity index (χ0n) is 9.08. The van der Waals surface area contributed by atoms with Crippen LogP contribution in [-0.2, 0) is 0 Å². The highest BCUT2D eigenvalue weighted by Crippen LogP contribution is 2.28. The summed E-state index contributed by atoms with van der Waals surface area (Å²) in [5.74, 6) is 0.701. The molecule has 1 aliphatic rings. The third-order valence-corrected chi connectivity index (χ3v) is 2.75. The highest BCUT2D eigenvalue weighted by Gasteiger charge is 2.21. The van der Waals surface area contributed by atoms with Crippen LogP contribution < -0.4 is 4.74 Å². The van der Waals surface area contributed by atoms with Gasteiger partial charge in [-0.05, 0) is 33.1 Å². The van der Waals surface area contributed by atoms with Gasteiger partial charge in [0.25, 0.3) is 0 Å². The van der Waals surface area contributed by atoms with Crippen molar-refractivity contribution in [2.45, 2.75) is 39.2 Å². The SMILES string of the molecule is Cc1cc(OC2CCC2)c(C#N)c(C)n1. The quantitative estimate of drug-likeness (QED) is 0.740. The molecule has 1 fully saturated rings. The molecule has 0 amide bonds. The van der Waals surface area contributed by atoms with Gasteiger partial charge >= 0.3 is 0 Å². The lowest BCUT2D eigenvalue weighted by atomic mass is 9.96. The van der Waals surface area contributed by atoms with Crippen LogP contribution in [0.2, 0.25) is 0 Å². The van der Waals surface area contributed by atoms with Crippen molar-refractivity contribution in [1.29, 1.82) is 5.26 Å². The Balaban J connectivity index is 2.31. The minimum atomic E-state index is 0.304. The molecule has 15 heavy (non-hydrogen) atoms. The Morgan fingerprint density at radius 1 is 1.47 bits per heavy atom. The molecule has 1 aliphatic carbocycles. The summed E-state index contributed by atoms with van der Waals surface area (Å²) in [6, 6.07) is 4.01. The maximum atomic E-state index is 9.02. The van der Waals surface area contributed by atoms with Crippen molar-refractivity contribution in [1.82, 2.24) is 4.98 Å². The first-order chi connectivity index (χ1) is 7.20. The molecule has 78 valence electrons. The van der Waals surface area contributed by atoms with Gasteiger partial charge in [-0.25, -0.2) is 0 Å². The van der Waals surface area contributed by atoms with Gasteiger partial charge in [-0.1, -0.05) is 0 Å². The maximum Gasteiger partial charge on any atom is 0.141 e. The minimum Gasteiger partial charge on any atom is -0.489 e. The van der Waals surface area contributed by atoms with Gasteiger partial charge in [-0.15, -0.1) is 0 Å². The Morgan fingerprint density at radius 2 is 2.20 bits per heavy atom. The standard InChI is InChI=1S/C12H14N2O/c1-8-6-12(15-10-4-3-5-10)11(7-13)9(2)14-8/h6,10H,3-5H2,1-2H3. The first-order valence-corrected chi connectivity index (χ1v) is 5.25. The Hall–Kier alpha value is -1.56. The Labute approximate surface area is 89.7 Å². The van der Waals surface area contributed by atoms with Crippen molar-refractivity contribution in [2.24, 2.45) is 0 Å². The van der Waals surface area contributed by atoms with E-state index in [1.807, 2.05) is 19.9 Å². The summed E-state index contributed by atoms with van der Waals surface area (Å²) in [5.41, 5.74) is 2.24. The van der Waals surface area contributed by atoms with Crippen LogP contribution in [0.3, 0.4) is 0 Å². The molecule has 0 aliphatic heterocycles. The third kappa shape index (κ3) is 1.94. The fourth-order valence-corrected chi connectivity index (χ4v) is 1.69. The van der Waals surface area contributed by atoms with E-state index in [1.165, 1.54) is 6.42 Å². The first-order valence-electron chi connectivity index (χ1n) is 5.25. The summed E-state index contributed by atoms with van der Waals surface area (Å²) in [6.45, 7) is 3.76. The highest BCUT2D eigenvalue weighted by molar-refractivity contribution is 5.46. The van der Waals surface area contributed by atoms with Crippen LogP contribution in [0.1, 0.15) is 36.2 Å². The summed E-state index contributed by atoms with van der Waals surface area (Å²) in [7, 11) is 0. The average Bonchev–Trinajstić information content (AvgIpc) is 2.10. The first kappa shape index (κ1) is 9.97. The van der Waals surface area contributed by atoms with Crippen molar-refractivity contribution < 1.29 is 4.74 Å². The van der Waals surface area contributed by atoms with E-state index in [0.717, 1.165) is 24.2 Å². The van der Waals surface area contributed by atoms with E-state index in [2.05, 4.69) is 11.1 Å². The van der Waals surface area contributed by atoms with Crippen LogP contribution in [0.25, 0.3) is 0 Å². The molecule has 1 saturated carbocycles. The van der Waals surface area contributed by atoms with E-state index in [4.69, 9.17) is 10.00 Å². The monoisotopic (exact) mass is 202 g/mol. The van der Waals surface area contributed by atoms with Crippen LogP contribution in [0, 0.1) is 25.2 Å². The number of nitriles is 1. The van der Waals surface area contributed by atoms with E-state index < -0.39 is 0 Å². The molecular weight excluding hydrogens is 188 g/mol. The van der Waals surface area contributed by atoms with Gasteiger partial charge in [0.2, 0.25) is 0 Å². The molecule has 0 saturated heterocycles. The molecular formula is C12H14N2O. The van der Waals surface area contributed by atoms with Gasteiger partial charge in [0.05, 0.1) is 11.8 Å². The summed E-state index contributed by atoms with van der Waals surface area (Å²) in [5, 5.41) is 9.02. The van der Waals surface area contributed by atoms with Gasteiger partial charge in [0, 0.05) is 11.8 Å². The highest BCUT2D eigenvalue weighted by atomic mass is 16.5. The van der Waals surface area contributed by atoms with Crippen LogP contribution >= 0.6 is 0 Å². The lowest BCUT2D eigenvalue weighted by molar-refractivity contribution is 0.119. The van der Waals surface area contributed by atoms with E-state index >= 15 is 0 Å². The molecule has 0 N–H and O–H groups in total. The van der Waals surface area contributed by atoms with Crippen LogP contribution in [-0.4, -0.2) is 11.1 Å². The topological polar surface area (TPSA) is 45.9 Å². The second kappa shape index (κ2) is 3.90. The molecule has 3 nitrogen and oxygen atoms in total. The number of aromatic nitrogens is 1. The van der Waals surface area contributed by atoms with Crippen LogP contribution in [0.5, 0.6) is 5.75 Å². The lowest BCUT2D eigenvalue weighted by Crippen LogP contribution is -2.25. The Bertz CT molecular complexity index is 416. The van der Waals surface area contributed by atoms with Crippen molar-refractivity contribution in [3.63, 3.8) is 0 Å². The number of nitrogens with zero attached hydrogens (tertiary/aromatic N) is 2. The summed E-state index contributed by atoms with van der Waals surface area (Å²) in [4.78, 5) is 4.25. The van der Waals surface area contributed by atoms with Gasteiger partial charge < -0.3 is 4.74 Å². The molecule has 0 unspecified atom stereocenters. The van der Waals surface area contributed by atoms with Crippen molar-refractivity contribution in [3.8, 4) is 11.8 Å². The maximum absolute atomic E-state index is 9.02. The van der Waals surface area contributed by atoms with Crippen LogP contribution in [0.15, 0.2) is 6.07 Å². The smallest absolute Gasteiger partial charge is 0.141 e. The number of rotatable bonds is 2. The molecule has 0 atom stereocenters. The second-order valence-electron chi connectivity index (χ2n) is 4.00.